The number of ether oxygens (including phenoxy) is 2. The number of likely N-dealkylation sites (N-methyl/N-ethyl adjacent to an activating group) is 1. The molecule has 142 valence electrons. The van der Waals surface area contributed by atoms with E-state index < -0.39 is 0 Å². The van der Waals surface area contributed by atoms with Crippen LogP contribution in [0.15, 0.2) is 18.2 Å². The number of carbonyl (C=O) groups excluding carboxylic acids is 1. The van der Waals surface area contributed by atoms with Crippen LogP contribution in [0.3, 0.4) is 0 Å². The Labute approximate surface area is 156 Å². The van der Waals surface area contributed by atoms with E-state index in [0.29, 0.717) is 19.6 Å². The molecule has 2 rings (SSSR count). The molecule has 6 nitrogen and oxygen atoms in total. The van der Waals surface area contributed by atoms with Crippen LogP contribution in [0, 0.1) is 17.2 Å². The molecule has 1 aliphatic rings. The summed E-state index contributed by atoms with van der Waals surface area (Å²) in [6, 6.07) is 8.14. The average molecular weight is 359 g/mol. The van der Waals surface area contributed by atoms with Gasteiger partial charge in [-0.15, -0.1) is 0 Å². The second-order valence-corrected chi connectivity index (χ2v) is 6.70. The van der Waals surface area contributed by atoms with Gasteiger partial charge in [-0.25, -0.2) is 0 Å². The Balaban J connectivity index is 2.15. The molecule has 2 atom stereocenters. The van der Waals surface area contributed by atoms with Crippen molar-refractivity contribution >= 4 is 5.91 Å². The first-order chi connectivity index (χ1) is 12.5. The van der Waals surface area contributed by atoms with E-state index in [-0.39, 0.29) is 17.9 Å². The molecule has 0 saturated carbocycles. The Kier molecular flexibility index (Phi) is 7.28. The molecular formula is C20H29N3O3. The first-order valence-corrected chi connectivity index (χ1v) is 9.17. The van der Waals surface area contributed by atoms with Crippen molar-refractivity contribution in [3.63, 3.8) is 0 Å². The first-order valence-electron chi connectivity index (χ1n) is 9.17. The molecule has 0 spiro atoms. The Bertz CT molecular complexity index is 656. The van der Waals surface area contributed by atoms with E-state index in [1.165, 1.54) is 0 Å². The monoisotopic (exact) mass is 359 g/mol. The number of amides is 1. The predicted molar refractivity (Wildman–Crippen MR) is 100 cm³/mol. The van der Waals surface area contributed by atoms with Crippen LogP contribution in [0.2, 0.25) is 0 Å². The van der Waals surface area contributed by atoms with Gasteiger partial charge in [-0.3, -0.25) is 9.69 Å². The Morgan fingerprint density at radius 1 is 1.42 bits per heavy atom. The lowest BCUT2D eigenvalue weighted by Crippen LogP contribution is -2.41. The van der Waals surface area contributed by atoms with Gasteiger partial charge in [-0.2, -0.15) is 5.26 Å². The van der Waals surface area contributed by atoms with Crippen LogP contribution >= 0.6 is 0 Å². The summed E-state index contributed by atoms with van der Waals surface area (Å²) >= 11 is 0. The third-order valence-corrected chi connectivity index (χ3v) is 4.95. The van der Waals surface area contributed by atoms with Crippen LogP contribution in [0.1, 0.15) is 38.3 Å². The van der Waals surface area contributed by atoms with Crippen molar-refractivity contribution < 1.29 is 14.3 Å². The maximum Gasteiger partial charge on any atom is 0.236 e. The van der Waals surface area contributed by atoms with Gasteiger partial charge >= 0.3 is 0 Å². The lowest BCUT2D eigenvalue weighted by molar-refractivity contribution is -0.132. The molecule has 6 heteroatoms. The first kappa shape index (κ1) is 20.1. The summed E-state index contributed by atoms with van der Waals surface area (Å²) in [5.74, 6) is 1.52. The molecule has 1 aromatic rings. The number of nitrogens with zero attached hydrogens (tertiary/aromatic N) is 3. The van der Waals surface area contributed by atoms with Crippen LogP contribution in [-0.4, -0.2) is 56.1 Å². The maximum atomic E-state index is 12.8. The molecule has 0 N–H and O–H groups in total. The van der Waals surface area contributed by atoms with E-state index in [9.17, 15) is 4.79 Å². The van der Waals surface area contributed by atoms with Crippen LogP contribution in [0.5, 0.6) is 11.5 Å². The SMILES string of the molecule is CCN(CC(C)C#N)C(=O)CN1CCCC1c1cc(OC)ccc1OC. The number of nitriles is 1. The van der Waals surface area contributed by atoms with Crippen molar-refractivity contribution in [2.45, 2.75) is 32.7 Å². The molecule has 26 heavy (non-hydrogen) atoms. The van der Waals surface area contributed by atoms with E-state index in [0.717, 1.165) is 36.4 Å². The number of methoxy groups -OCH3 is 2. The van der Waals surface area contributed by atoms with Crippen LogP contribution < -0.4 is 9.47 Å². The van der Waals surface area contributed by atoms with Crippen molar-refractivity contribution in [3.8, 4) is 17.6 Å². The van der Waals surface area contributed by atoms with Gasteiger partial charge in [-0.1, -0.05) is 0 Å². The molecule has 1 fully saturated rings. The number of hydrogen-bond donors (Lipinski definition) is 0. The highest BCUT2D eigenvalue weighted by Crippen LogP contribution is 2.38. The number of rotatable bonds is 8. The Hall–Kier alpha value is -2.26. The minimum atomic E-state index is -0.160. The molecule has 1 amide bonds. The fraction of sp³-hybridized carbons (Fsp3) is 0.600. The summed E-state index contributed by atoms with van der Waals surface area (Å²) in [4.78, 5) is 16.7. The molecule has 0 aromatic heterocycles. The quantitative estimate of drug-likeness (QED) is 0.714. The maximum absolute atomic E-state index is 12.8. The van der Waals surface area contributed by atoms with Gasteiger partial charge in [0.15, 0.2) is 0 Å². The smallest absolute Gasteiger partial charge is 0.236 e. The molecule has 0 bridgehead atoms. The predicted octanol–water partition coefficient (Wildman–Crippen LogP) is 2.85. The Morgan fingerprint density at radius 2 is 2.19 bits per heavy atom. The van der Waals surface area contributed by atoms with Gasteiger partial charge in [-0.05, 0) is 51.4 Å². The summed E-state index contributed by atoms with van der Waals surface area (Å²) in [7, 11) is 3.31. The molecule has 2 unspecified atom stereocenters. The van der Waals surface area contributed by atoms with Crippen molar-refractivity contribution in [2.24, 2.45) is 5.92 Å². The summed E-state index contributed by atoms with van der Waals surface area (Å²) in [5.41, 5.74) is 1.06. The average Bonchev–Trinajstić information content (AvgIpc) is 3.12. The summed E-state index contributed by atoms with van der Waals surface area (Å²) in [6.07, 6.45) is 2.02. The molecule has 1 aromatic carbocycles. The molecule has 0 radical (unpaired) electrons. The molecule has 1 heterocycles. The lowest BCUT2D eigenvalue weighted by atomic mass is 10.0. The highest BCUT2D eigenvalue weighted by Gasteiger charge is 2.31. The van der Waals surface area contributed by atoms with Crippen molar-refractivity contribution in [1.82, 2.24) is 9.80 Å². The number of hydrogen-bond acceptors (Lipinski definition) is 5. The van der Waals surface area contributed by atoms with Gasteiger partial charge < -0.3 is 14.4 Å². The standard InChI is InChI=1S/C20H29N3O3/c1-5-22(13-15(2)12-21)20(24)14-23-10-6-7-18(23)17-11-16(25-3)8-9-19(17)26-4/h8-9,11,15,18H,5-7,10,13-14H2,1-4H3. The minimum absolute atomic E-state index is 0.0726. The second kappa shape index (κ2) is 9.44. The zero-order valence-corrected chi connectivity index (χ0v) is 16.2. The van der Waals surface area contributed by atoms with Crippen LogP contribution in [0.4, 0.5) is 0 Å². The Morgan fingerprint density at radius 3 is 2.81 bits per heavy atom. The van der Waals surface area contributed by atoms with E-state index in [2.05, 4.69) is 11.0 Å². The zero-order chi connectivity index (χ0) is 19.1. The van der Waals surface area contributed by atoms with Gasteiger partial charge in [0.2, 0.25) is 5.91 Å². The highest BCUT2D eigenvalue weighted by atomic mass is 16.5. The highest BCUT2D eigenvalue weighted by molar-refractivity contribution is 5.78. The van der Waals surface area contributed by atoms with E-state index in [1.807, 2.05) is 32.0 Å². The topological polar surface area (TPSA) is 65.8 Å². The third kappa shape index (κ3) is 4.67. The minimum Gasteiger partial charge on any atom is -0.497 e. The summed E-state index contributed by atoms with van der Waals surface area (Å²) in [5, 5.41) is 9.02. The van der Waals surface area contributed by atoms with Crippen molar-refractivity contribution in [3.05, 3.63) is 23.8 Å². The molecule has 0 aliphatic carbocycles. The second-order valence-electron chi connectivity index (χ2n) is 6.70. The van der Waals surface area contributed by atoms with E-state index in [1.54, 1.807) is 19.1 Å². The van der Waals surface area contributed by atoms with E-state index >= 15 is 0 Å². The van der Waals surface area contributed by atoms with Gasteiger partial charge in [0.1, 0.15) is 11.5 Å². The van der Waals surface area contributed by atoms with Crippen molar-refractivity contribution in [1.29, 1.82) is 5.26 Å². The fourth-order valence-electron chi connectivity index (χ4n) is 3.52. The number of carbonyl (C=O) groups is 1. The van der Waals surface area contributed by atoms with Crippen LogP contribution in [-0.2, 0) is 4.79 Å². The number of likely N-dealkylation sites (tertiary alicyclic amines) is 1. The lowest BCUT2D eigenvalue weighted by Gasteiger charge is -2.29. The fourth-order valence-corrected chi connectivity index (χ4v) is 3.52. The molecule has 1 saturated heterocycles. The molecule has 1 aliphatic heterocycles. The van der Waals surface area contributed by atoms with Gasteiger partial charge in [0, 0.05) is 24.7 Å². The zero-order valence-electron chi connectivity index (χ0n) is 16.2. The number of benzene rings is 1. The van der Waals surface area contributed by atoms with Crippen LogP contribution in [0.25, 0.3) is 0 Å². The normalized spacial score (nSPS) is 18.2. The van der Waals surface area contributed by atoms with Gasteiger partial charge in [0.05, 0.1) is 32.8 Å². The molecular weight excluding hydrogens is 330 g/mol. The van der Waals surface area contributed by atoms with Gasteiger partial charge in [0.25, 0.3) is 0 Å². The summed E-state index contributed by atoms with van der Waals surface area (Å²) in [6.45, 7) is 6.13. The summed E-state index contributed by atoms with van der Waals surface area (Å²) < 4.78 is 10.9. The van der Waals surface area contributed by atoms with E-state index in [4.69, 9.17) is 14.7 Å². The third-order valence-electron chi connectivity index (χ3n) is 4.95. The largest absolute Gasteiger partial charge is 0.497 e. The van der Waals surface area contributed by atoms with Crippen molar-refractivity contribution in [2.75, 3.05) is 40.4 Å².